The van der Waals surface area contributed by atoms with Crippen LogP contribution < -0.4 is 10.6 Å². The van der Waals surface area contributed by atoms with Crippen molar-refractivity contribution in [3.05, 3.63) is 70.8 Å². The third kappa shape index (κ3) is 6.82. The third-order valence-corrected chi connectivity index (χ3v) is 4.64. The number of hydrogen-bond donors (Lipinski definition) is 2. The number of nitrogens with one attached hydrogen (secondary N) is 2. The third-order valence-electron chi connectivity index (χ3n) is 4.64. The second-order valence-corrected chi connectivity index (χ2v) is 6.38. The molecular weight excluding hydrogens is 463 g/mol. The summed E-state index contributed by atoms with van der Waals surface area (Å²) in [4.78, 5) is 18.5. The van der Waals surface area contributed by atoms with Gasteiger partial charge in [0, 0.05) is 38.8 Å². The normalized spacial score (nSPS) is 10.8. The Hall–Kier alpha value is -2.09. The summed E-state index contributed by atoms with van der Waals surface area (Å²) >= 11 is 0. The van der Waals surface area contributed by atoms with Crippen molar-refractivity contribution < 1.29 is 4.79 Å². The number of carbonyl (C=O) groups excluding carboxylic acids is 1. The van der Waals surface area contributed by atoms with Crippen molar-refractivity contribution in [1.82, 2.24) is 15.5 Å². The summed E-state index contributed by atoms with van der Waals surface area (Å²) < 4.78 is 0. The molecule has 0 saturated carbocycles. The highest BCUT2D eigenvalue weighted by atomic mass is 127. The van der Waals surface area contributed by atoms with Crippen LogP contribution in [0.4, 0.5) is 0 Å². The Kier molecular flexibility index (Phi) is 10.6. The number of amides is 1. The summed E-state index contributed by atoms with van der Waals surface area (Å²) in [5.74, 6) is 0.830. The zero-order valence-corrected chi connectivity index (χ0v) is 19.5. The molecule has 0 aliphatic heterocycles. The molecule has 152 valence electrons. The quantitative estimate of drug-likeness (QED) is 0.348. The Morgan fingerprint density at radius 3 is 2.14 bits per heavy atom. The molecule has 0 bridgehead atoms. The van der Waals surface area contributed by atoms with E-state index in [0.29, 0.717) is 6.54 Å². The molecule has 0 radical (unpaired) electrons. The van der Waals surface area contributed by atoms with Crippen molar-refractivity contribution in [1.29, 1.82) is 0 Å². The minimum atomic E-state index is 0. The minimum Gasteiger partial charge on any atom is -0.352 e. The van der Waals surface area contributed by atoms with Crippen molar-refractivity contribution >= 4 is 35.8 Å². The first kappa shape index (κ1) is 23.9. The smallest absolute Gasteiger partial charge is 0.253 e. The van der Waals surface area contributed by atoms with Gasteiger partial charge in [0.2, 0.25) is 0 Å². The lowest BCUT2D eigenvalue weighted by atomic mass is 10.1. The van der Waals surface area contributed by atoms with E-state index in [1.807, 2.05) is 55.1 Å². The van der Waals surface area contributed by atoms with Gasteiger partial charge in [0.15, 0.2) is 5.96 Å². The zero-order chi connectivity index (χ0) is 19.6. The van der Waals surface area contributed by atoms with Crippen LogP contribution in [0.5, 0.6) is 0 Å². The largest absolute Gasteiger partial charge is 0.352 e. The zero-order valence-electron chi connectivity index (χ0n) is 17.2. The Bertz CT molecular complexity index is 770. The number of carbonyl (C=O) groups is 1. The Morgan fingerprint density at radius 2 is 1.57 bits per heavy atom. The highest BCUT2D eigenvalue weighted by Gasteiger charge is 2.11. The molecule has 0 fully saturated rings. The van der Waals surface area contributed by atoms with Crippen molar-refractivity contribution in [2.45, 2.75) is 33.9 Å². The molecule has 0 spiro atoms. The average molecular weight is 494 g/mol. The molecule has 1 amide bonds. The number of rotatable bonds is 7. The van der Waals surface area contributed by atoms with Gasteiger partial charge in [0.1, 0.15) is 0 Å². The van der Waals surface area contributed by atoms with E-state index in [4.69, 9.17) is 0 Å². The number of guanidine groups is 1. The monoisotopic (exact) mass is 494 g/mol. The second-order valence-electron chi connectivity index (χ2n) is 6.38. The summed E-state index contributed by atoms with van der Waals surface area (Å²) in [6.45, 7) is 8.92. The van der Waals surface area contributed by atoms with E-state index in [0.717, 1.165) is 36.7 Å². The predicted octanol–water partition coefficient (Wildman–Crippen LogP) is 3.96. The standard InChI is InChI=1S/C22H30N4O.HI/c1-5-26(6-2)21(27)19-13-11-18(12-14-19)15-24-22(23-4)25-16-20-10-8-7-9-17(20)3;/h7-14H,5-6,15-16H2,1-4H3,(H2,23,24,25);1H. The maximum absolute atomic E-state index is 12.4. The lowest BCUT2D eigenvalue weighted by Gasteiger charge is -2.18. The first-order valence-corrected chi connectivity index (χ1v) is 9.46. The summed E-state index contributed by atoms with van der Waals surface area (Å²) in [6, 6.07) is 16.1. The first-order valence-electron chi connectivity index (χ1n) is 9.46. The highest BCUT2D eigenvalue weighted by Crippen LogP contribution is 2.08. The van der Waals surface area contributed by atoms with E-state index >= 15 is 0 Å². The first-order chi connectivity index (χ1) is 13.1. The molecule has 0 heterocycles. The van der Waals surface area contributed by atoms with E-state index < -0.39 is 0 Å². The van der Waals surface area contributed by atoms with Gasteiger partial charge in [-0.3, -0.25) is 9.79 Å². The fourth-order valence-corrected chi connectivity index (χ4v) is 2.85. The van der Waals surface area contributed by atoms with E-state index in [-0.39, 0.29) is 29.9 Å². The fourth-order valence-electron chi connectivity index (χ4n) is 2.85. The SMILES string of the molecule is CCN(CC)C(=O)c1ccc(CNC(=NC)NCc2ccccc2C)cc1.I. The lowest BCUT2D eigenvalue weighted by molar-refractivity contribution is 0.0773. The van der Waals surface area contributed by atoms with Crippen LogP contribution in [0.3, 0.4) is 0 Å². The number of hydrogen-bond acceptors (Lipinski definition) is 2. The Labute approximate surface area is 185 Å². The van der Waals surface area contributed by atoms with Crippen molar-refractivity contribution in [2.24, 2.45) is 4.99 Å². The van der Waals surface area contributed by atoms with Crippen LogP contribution in [0.25, 0.3) is 0 Å². The summed E-state index contributed by atoms with van der Waals surface area (Å²) in [7, 11) is 1.76. The number of halogens is 1. The number of aliphatic imine (C=N–C) groups is 1. The van der Waals surface area contributed by atoms with Gasteiger partial charge in [-0.15, -0.1) is 24.0 Å². The molecular formula is C22H31IN4O. The lowest BCUT2D eigenvalue weighted by Crippen LogP contribution is -2.36. The summed E-state index contributed by atoms with van der Waals surface area (Å²) in [5, 5.41) is 6.65. The van der Waals surface area contributed by atoms with Crippen LogP contribution in [0.15, 0.2) is 53.5 Å². The molecule has 2 aromatic carbocycles. The molecule has 0 atom stereocenters. The molecule has 0 saturated heterocycles. The number of benzene rings is 2. The van der Waals surface area contributed by atoms with Crippen LogP contribution in [0, 0.1) is 6.92 Å². The van der Waals surface area contributed by atoms with Crippen molar-refractivity contribution in [3.8, 4) is 0 Å². The van der Waals surface area contributed by atoms with Crippen molar-refractivity contribution in [3.63, 3.8) is 0 Å². The second kappa shape index (κ2) is 12.4. The summed E-state index contributed by atoms with van der Waals surface area (Å²) in [5.41, 5.74) is 4.34. The highest BCUT2D eigenvalue weighted by molar-refractivity contribution is 14.0. The van der Waals surface area contributed by atoms with E-state index in [1.165, 1.54) is 11.1 Å². The van der Waals surface area contributed by atoms with E-state index in [1.54, 1.807) is 7.05 Å². The topological polar surface area (TPSA) is 56.7 Å². The van der Waals surface area contributed by atoms with Crippen LogP contribution in [0.2, 0.25) is 0 Å². The fraction of sp³-hybridized carbons (Fsp3) is 0.364. The molecule has 5 nitrogen and oxygen atoms in total. The number of aryl methyl sites for hydroxylation is 1. The van der Waals surface area contributed by atoms with Crippen LogP contribution in [0.1, 0.15) is 40.9 Å². The van der Waals surface area contributed by atoms with Gasteiger partial charge in [-0.05, 0) is 49.6 Å². The summed E-state index contributed by atoms with van der Waals surface area (Å²) in [6.07, 6.45) is 0. The molecule has 0 aromatic heterocycles. The van der Waals surface area contributed by atoms with Gasteiger partial charge < -0.3 is 15.5 Å². The predicted molar refractivity (Wildman–Crippen MR) is 127 cm³/mol. The van der Waals surface area contributed by atoms with Gasteiger partial charge in [-0.1, -0.05) is 36.4 Å². The molecule has 28 heavy (non-hydrogen) atoms. The number of nitrogens with zero attached hydrogens (tertiary/aromatic N) is 2. The average Bonchev–Trinajstić information content (AvgIpc) is 2.70. The van der Waals surface area contributed by atoms with Crippen LogP contribution in [-0.4, -0.2) is 36.9 Å². The maximum atomic E-state index is 12.4. The molecule has 2 aromatic rings. The molecule has 2 N–H and O–H groups in total. The molecule has 2 rings (SSSR count). The van der Waals surface area contributed by atoms with Crippen LogP contribution in [-0.2, 0) is 13.1 Å². The van der Waals surface area contributed by atoms with Gasteiger partial charge in [-0.2, -0.15) is 0 Å². The molecule has 0 aliphatic carbocycles. The molecule has 0 unspecified atom stereocenters. The van der Waals surface area contributed by atoms with Gasteiger partial charge in [0.05, 0.1) is 0 Å². The van der Waals surface area contributed by atoms with Gasteiger partial charge in [0.25, 0.3) is 5.91 Å². The van der Waals surface area contributed by atoms with E-state index in [9.17, 15) is 4.79 Å². The van der Waals surface area contributed by atoms with Gasteiger partial charge in [-0.25, -0.2) is 0 Å². The Morgan fingerprint density at radius 1 is 0.964 bits per heavy atom. The van der Waals surface area contributed by atoms with Crippen molar-refractivity contribution in [2.75, 3.05) is 20.1 Å². The van der Waals surface area contributed by atoms with Gasteiger partial charge >= 0.3 is 0 Å². The molecule has 0 aliphatic rings. The maximum Gasteiger partial charge on any atom is 0.253 e. The van der Waals surface area contributed by atoms with Crippen LogP contribution >= 0.6 is 24.0 Å². The minimum absolute atomic E-state index is 0. The van der Waals surface area contributed by atoms with E-state index in [2.05, 4.69) is 34.7 Å². The molecule has 6 heteroatoms. The Balaban J connectivity index is 0.00000392.